The largest absolute Gasteiger partial charge is 0.444 e. The minimum atomic E-state index is -0.757. The number of nitrogens with one attached hydrogen (secondary N) is 1. The first kappa shape index (κ1) is 23.3. The number of halogens is 1. The maximum Gasteiger partial charge on any atom is 0.408 e. The molecule has 2 rings (SSSR count). The highest BCUT2D eigenvalue weighted by molar-refractivity contribution is 6.11. The van der Waals surface area contributed by atoms with E-state index in [4.69, 9.17) is 9.73 Å². The van der Waals surface area contributed by atoms with Crippen molar-refractivity contribution in [2.45, 2.75) is 58.2 Å². The Labute approximate surface area is 177 Å². The molecule has 1 aliphatic heterocycles. The van der Waals surface area contributed by atoms with Crippen LogP contribution in [0.4, 0.5) is 9.18 Å². The predicted octanol–water partition coefficient (Wildman–Crippen LogP) is 4.38. The summed E-state index contributed by atoms with van der Waals surface area (Å²) >= 11 is 0. The summed E-state index contributed by atoms with van der Waals surface area (Å²) in [5.41, 5.74) is 2.35. The van der Waals surface area contributed by atoms with Gasteiger partial charge in [0, 0.05) is 12.7 Å². The van der Waals surface area contributed by atoms with Gasteiger partial charge in [0.15, 0.2) is 0 Å². The fourth-order valence-electron chi connectivity index (χ4n) is 2.90. The van der Waals surface area contributed by atoms with Crippen molar-refractivity contribution in [3.8, 4) is 0 Å². The van der Waals surface area contributed by atoms with E-state index < -0.39 is 23.6 Å². The second-order valence-corrected chi connectivity index (χ2v) is 8.36. The van der Waals surface area contributed by atoms with Crippen molar-refractivity contribution >= 4 is 18.2 Å². The molecule has 0 aromatic heterocycles. The molecule has 2 atom stereocenters. The fourth-order valence-corrected chi connectivity index (χ4v) is 2.90. The highest BCUT2D eigenvalue weighted by Crippen LogP contribution is 2.25. The zero-order valence-electron chi connectivity index (χ0n) is 18.2. The highest BCUT2D eigenvalue weighted by Gasteiger charge is 2.25. The molecule has 0 aromatic carbocycles. The lowest BCUT2D eigenvalue weighted by atomic mass is 9.94. The zero-order valence-corrected chi connectivity index (χ0v) is 18.2. The first-order chi connectivity index (χ1) is 14.0. The van der Waals surface area contributed by atoms with Gasteiger partial charge in [-0.25, -0.2) is 9.18 Å². The molecule has 1 aliphatic carbocycles. The van der Waals surface area contributed by atoms with Crippen molar-refractivity contribution in [1.82, 2.24) is 10.2 Å². The first-order valence-corrected chi connectivity index (χ1v) is 9.87. The molecule has 0 unspecified atom stereocenters. The third kappa shape index (κ3) is 6.54. The molecule has 0 fully saturated rings. The Balaban J connectivity index is 2.07. The standard InChI is InChI=1S/C23H30FN3O3/c1-15-7-10-20(25-19(15)11-8-16(2)27(6)14-28)17-9-12-21(18(24)13-17)26-22(29)30-23(3,4)5/h7-10,13-14,19,21H,1,11-12H2,2-6H3,(H,26,29)/b16-8+/t19-,21-/m0/s1. The molecule has 162 valence electrons. The number of dihydropyridines is 1. The summed E-state index contributed by atoms with van der Waals surface area (Å²) in [6, 6.07) is -0.943. The van der Waals surface area contributed by atoms with E-state index in [1.807, 2.05) is 31.2 Å². The van der Waals surface area contributed by atoms with Gasteiger partial charge in [0.25, 0.3) is 0 Å². The maximum atomic E-state index is 14.6. The molecular formula is C23H30FN3O3. The van der Waals surface area contributed by atoms with Crippen LogP contribution in [0.5, 0.6) is 0 Å². The van der Waals surface area contributed by atoms with Crippen molar-refractivity contribution in [2.75, 3.05) is 7.05 Å². The Kier molecular flexibility index (Phi) is 7.54. The van der Waals surface area contributed by atoms with E-state index in [0.717, 1.165) is 17.7 Å². The van der Waals surface area contributed by atoms with Crippen LogP contribution < -0.4 is 5.32 Å². The van der Waals surface area contributed by atoms with Gasteiger partial charge < -0.3 is 15.0 Å². The second-order valence-electron chi connectivity index (χ2n) is 8.36. The Morgan fingerprint density at radius 2 is 2.13 bits per heavy atom. The molecule has 0 aromatic rings. The molecule has 6 nitrogen and oxygen atoms in total. The van der Waals surface area contributed by atoms with Gasteiger partial charge in [-0.3, -0.25) is 9.79 Å². The lowest BCUT2D eigenvalue weighted by molar-refractivity contribution is -0.115. The predicted molar refractivity (Wildman–Crippen MR) is 117 cm³/mol. The second kappa shape index (κ2) is 9.69. The smallest absolute Gasteiger partial charge is 0.408 e. The molecular weight excluding hydrogens is 385 g/mol. The van der Waals surface area contributed by atoms with E-state index in [1.165, 1.54) is 11.0 Å². The Bertz CT molecular complexity index is 859. The molecule has 0 bridgehead atoms. The number of rotatable bonds is 6. The van der Waals surface area contributed by atoms with Gasteiger partial charge in [-0.15, -0.1) is 0 Å². The van der Waals surface area contributed by atoms with E-state index in [1.54, 1.807) is 27.8 Å². The molecule has 1 heterocycles. The lowest BCUT2D eigenvalue weighted by Crippen LogP contribution is -2.40. The number of nitrogens with zero attached hydrogens (tertiary/aromatic N) is 2. The number of ether oxygens (including phenoxy) is 1. The number of hydrogen-bond donors (Lipinski definition) is 1. The summed E-state index contributed by atoms with van der Waals surface area (Å²) in [6.45, 7) is 11.1. The molecule has 7 heteroatoms. The van der Waals surface area contributed by atoms with Crippen LogP contribution in [0.3, 0.4) is 0 Å². The minimum absolute atomic E-state index is 0.185. The van der Waals surface area contributed by atoms with Crippen LogP contribution in [0.1, 0.15) is 40.5 Å². The van der Waals surface area contributed by atoms with Crippen LogP contribution in [0.2, 0.25) is 0 Å². The number of alkyl carbamates (subject to hydrolysis) is 1. The monoisotopic (exact) mass is 415 g/mol. The number of amides is 2. The average Bonchev–Trinajstić information content (AvgIpc) is 2.66. The van der Waals surface area contributed by atoms with Crippen LogP contribution in [0.25, 0.3) is 0 Å². The summed E-state index contributed by atoms with van der Waals surface area (Å²) in [5, 5.41) is 2.55. The van der Waals surface area contributed by atoms with E-state index in [0.29, 0.717) is 24.1 Å². The van der Waals surface area contributed by atoms with Crippen LogP contribution in [0, 0.1) is 0 Å². The fraction of sp³-hybridized carbons (Fsp3) is 0.435. The first-order valence-electron chi connectivity index (χ1n) is 9.87. The van der Waals surface area contributed by atoms with Gasteiger partial charge in [0.1, 0.15) is 11.4 Å². The van der Waals surface area contributed by atoms with Crippen molar-refractivity contribution in [3.63, 3.8) is 0 Å². The normalized spacial score (nSPS) is 22.0. The SMILES string of the molecule is C=C1C=CC(C2=CC[C@H](NC(=O)OC(C)(C)C)C(F)=C2)=N[C@H]1C/C=C(\C)N(C)C=O. The van der Waals surface area contributed by atoms with E-state index >= 15 is 0 Å². The summed E-state index contributed by atoms with van der Waals surface area (Å²) < 4.78 is 19.8. The number of allylic oxidation sites excluding steroid dienone is 4. The number of hydrogen-bond acceptors (Lipinski definition) is 4. The molecule has 1 N–H and O–H groups in total. The quantitative estimate of drug-likeness (QED) is 0.655. The van der Waals surface area contributed by atoms with E-state index in [-0.39, 0.29) is 6.04 Å². The van der Waals surface area contributed by atoms with Crippen molar-refractivity contribution in [3.05, 3.63) is 59.6 Å². The lowest BCUT2D eigenvalue weighted by Gasteiger charge is -2.25. The zero-order chi connectivity index (χ0) is 22.5. The molecule has 0 saturated carbocycles. The Morgan fingerprint density at radius 1 is 1.43 bits per heavy atom. The number of carbonyl (C=O) groups excluding carboxylic acids is 2. The van der Waals surface area contributed by atoms with E-state index in [9.17, 15) is 14.0 Å². The van der Waals surface area contributed by atoms with Gasteiger partial charge in [-0.1, -0.05) is 24.8 Å². The van der Waals surface area contributed by atoms with Gasteiger partial charge in [0.05, 0.1) is 17.8 Å². The molecule has 2 aliphatic rings. The van der Waals surface area contributed by atoms with Gasteiger partial charge in [0.2, 0.25) is 6.41 Å². The van der Waals surface area contributed by atoms with Crippen LogP contribution in [-0.2, 0) is 9.53 Å². The summed E-state index contributed by atoms with van der Waals surface area (Å²) in [6.07, 6.45) is 9.83. The number of aliphatic imine (C=N–C) groups is 1. The van der Waals surface area contributed by atoms with Gasteiger partial charge in [-0.2, -0.15) is 0 Å². The van der Waals surface area contributed by atoms with Crippen molar-refractivity contribution in [1.29, 1.82) is 0 Å². The molecule has 0 radical (unpaired) electrons. The molecule has 0 saturated heterocycles. The van der Waals surface area contributed by atoms with Crippen LogP contribution in [-0.4, -0.2) is 47.8 Å². The van der Waals surface area contributed by atoms with Crippen LogP contribution >= 0.6 is 0 Å². The van der Waals surface area contributed by atoms with E-state index in [2.05, 4.69) is 11.9 Å². The molecule has 2 amide bonds. The Morgan fingerprint density at radius 3 is 2.73 bits per heavy atom. The Hall–Kier alpha value is -2.96. The minimum Gasteiger partial charge on any atom is -0.444 e. The van der Waals surface area contributed by atoms with Crippen molar-refractivity contribution < 1.29 is 18.7 Å². The van der Waals surface area contributed by atoms with Crippen molar-refractivity contribution in [2.24, 2.45) is 4.99 Å². The van der Waals surface area contributed by atoms with Crippen LogP contribution in [0.15, 0.2) is 64.6 Å². The van der Waals surface area contributed by atoms with Gasteiger partial charge in [-0.05, 0) is 63.8 Å². The number of carbonyl (C=O) groups is 2. The molecule has 30 heavy (non-hydrogen) atoms. The maximum absolute atomic E-state index is 14.6. The topological polar surface area (TPSA) is 71.0 Å². The van der Waals surface area contributed by atoms with Gasteiger partial charge >= 0.3 is 6.09 Å². The third-order valence-corrected chi connectivity index (χ3v) is 4.72. The third-order valence-electron chi connectivity index (χ3n) is 4.72. The summed E-state index contributed by atoms with van der Waals surface area (Å²) in [4.78, 5) is 29.0. The average molecular weight is 416 g/mol. The summed E-state index contributed by atoms with van der Waals surface area (Å²) in [5.74, 6) is -0.446. The highest BCUT2D eigenvalue weighted by atomic mass is 19.1. The molecule has 0 spiro atoms. The summed E-state index contributed by atoms with van der Waals surface area (Å²) in [7, 11) is 1.69.